The molecule has 1 aromatic heterocycles. The van der Waals surface area contributed by atoms with Crippen molar-refractivity contribution in [3.8, 4) is 0 Å². The molecule has 13 heteroatoms. The Labute approximate surface area is 149 Å². The summed E-state index contributed by atoms with van der Waals surface area (Å²) in [6.07, 6.45) is -8.60. The summed E-state index contributed by atoms with van der Waals surface area (Å²) in [6.45, 7) is -0.00599. The number of benzene rings is 1. The summed E-state index contributed by atoms with van der Waals surface area (Å²) in [5.74, 6) is 0.249. The first-order valence-electron chi connectivity index (χ1n) is 7.55. The lowest BCUT2D eigenvalue weighted by molar-refractivity contribution is -0.143. The lowest BCUT2D eigenvalue weighted by Crippen LogP contribution is -2.31. The van der Waals surface area contributed by atoms with E-state index in [9.17, 15) is 34.8 Å². The largest absolute Gasteiger partial charge is 0.416 e. The molecule has 0 fully saturated rings. The number of nitrogens with zero attached hydrogens (tertiary/aromatic N) is 4. The molecule has 27 heavy (non-hydrogen) atoms. The van der Waals surface area contributed by atoms with Crippen molar-refractivity contribution in [2.75, 3.05) is 6.54 Å². The van der Waals surface area contributed by atoms with Gasteiger partial charge in [-0.05, 0) is 24.6 Å². The molecule has 0 amide bonds. The van der Waals surface area contributed by atoms with Crippen molar-refractivity contribution in [1.29, 1.82) is 0 Å². The summed E-state index contributed by atoms with van der Waals surface area (Å²) >= 11 is 0. The molecule has 1 aliphatic heterocycles. The monoisotopic (exact) mass is 414 g/mol. The third-order valence-electron chi connectivity index (χ3n) is 4.02. The van der Waals surface area contributed by atoms with Crippen molar-refractivity contribution >= 4 is 10.0 Å². The zero-order chi connectivity index (χ0) is 20.0. The molecule has 1 aliphatic rings. The van der Waals surface area contributed by atoms with E-state index in [0.717, 1.165) is 4.31 Å². The number of sulfonamides is 1. The quantitative estimate of drug-likeness (QED) is 0.709. The zero-order valence-corrected chi connectivity index (χ0v) is 14.2. The molecule has 0 atom stereocenters. The average molecular weight is 414 g/mol. The van der Waals surface area contributed by atoms with Gasteiger partial charge < -0.3 is 4.57 Å². The fourth-order valence-corrected chi connectivity index (χ4v) is 4.18. The van der Waals surface area contributed by atoms with E-state index in [1.807, 2.05) is 0 Å². The van der Waals surface area contributed by atoms with Crippen LogP contribution in [0.25, 0.3) is 0 Å². The minimum Gasteiger partial charge on any atom is -0.316 e. The maximum Gasteiger partial charge on any atom is 0.416 e. The number of alkyl halides is 6. The predicted molar refractivity (Wildman–Crippen MR) is 78.7 cm³/mol. The molecule has 1 aromatic carbocycles. The van der Waals surface area contributed by atoms with E-state index in [-0.39, 0.29) is 37.1 Å². The first-order chi connectivity index (χ1) is 12.4. The van der Waals surface area contributed by atoms with E-state index in [1.165, 1.54) is 6.33 Å². The first kappa shape index (κ1) is 19.6. The van der Waals surface area contributed by atoms with Crippen LogP contribution in [0.3, 0.4) is 0 Å². The molecule has 0 saturated heterocycles. The minimum atomic E-state index is -5.13. The van der Waals surface area contributed by atoms with Crippen LogP contribution in [0.5, 0.6) is 0 Å². The van der Waals surface area contributed by atoms with Gasteiger partial charge in [0.1, 0.15) is 12.2 Å². The number of hydrogen-bond donors (Lipinski definition) is 0. The lowest BCUT2D eigenvalue weighted by Gasteiger charge is -2.21. The van der Waals surface area contributed by atoms with Crippen molar-refractivity contribution in [3.05, 3.63) is 41.5 Å². The highest BCUT2D eigenvalue weighted by atomic mass is 32.2. The van der Waals surface area contributed by atoms with Gasteiger partial charge in [0.05, 0.1) is 22.6 Å². The minimum absolute atomic E-state index is 0.0801. The van der Waals surface area contributed by atoms with Crippen LogP contribution in [-0.4, -0.2) is 34.0 Å². The second-order valence-electron chi connectivity index (χ2n) is 5.87. The van der Waals surface area contributed by atoms with Crippen molar-refractivity contribution in [2.24, 2.45) is 0 Å². The second kappa shape index (κ2) is 6.48. The predicted octanol–water partition coefficient (Wildman–Crippen LogP) is 2.91. The molecule has 2 heterocycles. The number of aryl methyl sites for hydroxylation is 1. The lowest BCUT2D eigenvalue weighted by atomic mass is 10.1. The topological polar surface area (TPSA) is 68.1 Å². The molecule has 0 bridgehead atoms. The molecule has 0 spiro atoms. The smallest absolute Gasteiger partial charge is 0.316 e. The molecular formula is C14H12F6N4O2S. The molecule has 3 rings (SSSR count). The van der Waals surface area contributed by atoms with E-state index < -0.39 is 38.4 Å². The van der Waals surface area contributed by atoms with Gasteiger partial charge in [0.15, 0.2) is 0 Å². The molecule has 6 nitrogen and oxygen atoms in total. The number of rotatable bonds is 2. The van der Waals surface area contributed by atoms with Gasteiger partial charge in [-0.15, -0.1) is 10.2 Å². The van der Waals surface area contributed by atoms with Crippen LogP contribution in [0.2, 0.25) is 0 Å². The summed E-state index contributed by atoms with van der Waals surface area (Å²) in [7, 11) is -4.62. The van der Waals surface area contributed by atoms with Gasteiger partial charge >= 0.3 is 12.4 Å². The van der Waals surface area contributed by atoms with E-state index in [0.29, 0.717) is 13.0 Å². The van der Waals surface area contributed by atoms with E-state index in [4.69, 9.17) is 0 Å². The number of hydrogen-bond acceptors (Lipinski definition) is 4. The third kappa shape index (κ3) is 3.93. The molecule has 0 aliphatic carbocycles. The van der Waals surface area contributed by atoms with E-state index in [2.05, 4.69) is 10.2 Å². The van der Waals surface area contributed by atoms with Crippen LogP contribution in [-0.2, 0) is 35.5 Å². The molecule has 0 radical (unpaired) electrons. The Hall–Kier alpha value is -2.15. The summed E-state index contributed by atoms with van der Waals surface area (Å²) in [5.41, 5.74) is -3.37. The summed E-state index contributed by atoms with van der Waals surface area (Å²) in [6, 6.07) is 0.304. The Kier molecular flexibility index (Phi) is 4.70. The fourth-order valence-electron chi connectivity index (χ4n) is 2.67. The van der Waals surface area contributed by atoms with Gasteiger partial charge in [0.25, 0.3) is 0 Å². The van der Waals surface area contributed by atoms with Gasteiger partial charge in [-0.2, -0.15) is 30.6 Å². The third-order valence-corrected chi connectivity index (χ3v) is 5.84. The first-order valence-corrected chi connectivity index (χ1v) is 8.99. The van der Waals surface area contributed by atoms with Crippen LogP contribution in [0.4, 0.5) is 26.3 Å². The van der Waals surface area contributed by atoms with Gasteiger partial charge in [0.2, 0.25) is 10.0 Å². The summed E-state index contributed by atoms with van der Waals surface area (Å²) in [4.78, 5) is -1.07. The molecule has 0 unspecified atom stereocenters. The maximum atomic E-state index is 13.0. The number of fused-ring (bicyclic) bond motifs is 1. The molecule has 148 valence electrons. The Morgan fingerprint density at radius 3 is 2.07 bits per heavy atom. The highest BCUT2D eigenvalue weighted by Crippen LogP contribution is 2.38. The van der Waals surface area contributed by atoms with Gasteiger partial charge in [-0.3, -0.25) is 0 Å². The SMILES string of the molecule is O=S(=O)(c1cc(C(F)(F)F)cc(C(F)(F)F)c1)N1CCCn2cnnc2C1. The van der Waals surface area contributed by atoms with Crippen molar-refractivity contribution < 1.29 is 34.8 Å². The maximum absolute atomic E-state index is 13.0. The molecular weight excluding hydrogens is 402 g/mol. The van der Waals surface area contributed by atoms with Crippen LogP contribution in [0.1, 0.15) is 23.4 Å². The van der Waals surface area contributed by atoms with Crippen LogP contribution in [0, 0.1) is 0 Å². The van der Waals surface area contributed by atoms with Crippen LogP contribution in [0.15, 0.2) is 29.4 Å². The molecule has 0 saturated carbocycles. The average Bonchev–Trinajstić information content (AvgIpc) is 2.89. The highest BCUT2D eigenvalue weighted by Gasteiger charge is 2.39. The number of aromatic nitrogens is 3. The highest BCUT2D eigenvalue weighted by molar-refractivity contribution is 7.89. The Balaban J connectivity index is 2.08. The van der Waals surface area contributed by atoms with E-state index >= 15 is 0 Å². The van der Waals surface area contributed by atoms with Crippen molar-refractivity contribution in [3.63, 3.8) is 0 Å². The molecule has 2 aromatic rings. The number of halogens is 6. The summed E-state index contributed by atoms with van der Waals surface area (Å²) in [5, 5.41) is 7.36. The second-order valence-corrected chi connectivity index (χ2v) is 7.81. The Morgan fingerprint density at radius 2 is 1.52 bits per heavy atom. The molecule has 0 N–H and O–H groups in total. The zero-order valence-electron chi connectivity index (χ0n) is 13.4. The standard InChI is InChI=1S/C14H12F6N4O2S/c15-13(16,17)9-4-10(14(18,19)20)6-11(5-9)27(25,26)24-3-1-2-23-8-21-22-12(23)7-24/h4-6,8H,1-3,7H2. The van der Waals surface area contributed by atoms with Crippen molar-refractivity contribution in [1.82, 2.24) is 19.1 Å². The Bertz CT molecular complexity index is 919. The van der Waals surface area contributed by atoms with Crippen LogP contribution < -0.4 is 0 Å². The van der Waals surface area contributed by atoms with Crippen LogP contribution >= 0.6 is 0 Å². The van der Waals surface area contributed by atoms with Gasteiger partial charge in [-0.1, -0.05) is 0 Å². The fraction of sp³-hybridized carbons (Fsp3) is 0.429. The van der Waals surface area contributed by atoms with E-state index in [1.54, 1.807) is 4.57 Å². The van der Waals surface area contributed by atoms with Gasteiger partial charge in [0, 0.05) is 13.1 Å². The van der Waals surface area contributed by atoms with Crippen molar-refractivity contribution in [2.45, 2.75) is 36.8 Å². The normalized spacial score (nSPS) is 16.8. The Morgan fingerprint density at radius 1 is 0.926 bits per heavy atom. The van der Waals surface area contributed by atoms with Gasteiger partial charge in [-0.25, -0.2) is 8.42 Å². The summed E-state index contributed by atoms with van der Waals surface area (Å²) < 4.78 is 106.